The average molecular weight is 303 g/mol. The zero-order valence-corrected chi connectivity index (χ0v) is 12.7. The smallest absolute Gasteiger partial charge is 0.142 e. The fourth-order valence-electron chi connectivity index (χ4n) is 2.47. The lowest BCUT2D eigenvalue weighted by Crippen LogP contribution is -2.33. The Morgan fingerprint density at radius 2 is 2.05 bits per heavy atom. The van der Waals surface area contributed by atoms with Gasteiger partial charge in [-0.3, -0.25) is 0 Å². The van der Waals surface area contributed by atoms with Gasteiger partial charge in [0.25, 0.3) is 0 Å². The molecule has 0 aliphatic carbocycles. The van der Waals surface area contributed by atoms with Crippen molar-refractivity contribution < 1.29 is 4.74 Å². The summed E-state index contributed by atoms with van der Waals surface area (Å²) in [5.74, 6) is 1.46. The lowest BCUT2D eigenvalue weighted by Gasteiger charge is -2.23. The third-order valence-corrected chi connectivity index (χ3v) is 4.00. The van der Waals surface area contributed by atoms with Gasteiger partial charge in [0.05, 0.1) is 12.1 Å². The minimum absolute atomic E-state index is 0.564. The van der Waals surface area contributed by atoms with Gasteiger partial charge >= 0.3 is 0 Å². The fraction of sp³-hybridized carbons (Fsp3) is 0.571. The van der Waals surface area contributed by atoms with Gasteiger partial charge < -0.3 is 15.4 Å². The molecule has 0 unspecified atom stereocenters. The summed E-state index contributed by atoms with van der Waals surface area (Å²) in [6, 6.07) is 3.61. The highest BCUT2D eigenvalue weighted by Gasteiger charge is 2.13. The molecule has 0 atom stereocenters. The van der Waals surface area contributed by atoms with E-state index in [0.717, 1.165) is 37.7 Å². The summed E-state index contributed by atoms with van der Waals surface area (Å²) in [5.41, 5.74) is 1.01. The van der Waals surface area contributed by atoms with Gasteiger partial charge in [0.2, 0.25) is 0 Å². The summed E-state index contributed by atoms with van der Waals surface area (Å²) in [5, 5.41) is 8.06. The number of hydrogen-bond acceptors (Lipinski definition) is 3. The number of ether oxygens (including phenoxy) is 1. The lowest BCUT2D eigenvalue weighted by molar-refractivity contribution is 0.354. The third kappa shape index (κ3) is 4.25. The molecule has 0 bridgehead atoms. The van der Waals surface area contributed by atoms with Crippen molar-refractivity contribution in [2.24, 2.45) is 5.92 Å². The number of piperidine rings is 1. The summed E-state index contributed by atoms with van der Waals surface area (Å²) >= 11 is 12.1. The standard InChI is InChI=1S/C14H20Cl2N2O/c1-19-14-11(6-12(15)7-13(14)16)9-18-8-10-2-4-17-5-3-10/h6-7,10,17-18H,2-5,8-9H2,1H3. The normalized spacial score (nSPS) is 16.6. The van der Waals surface area contributed by atoms with Gasteiger partial charge in [-0.15, -0.1) is 0 Å². The molecule has 1 fully saturated rings. The molecule has 1 aliphatic heterocycles. The van der Waals surface area contributed by atoms with Crippen molar-refractivity contribution in [3.63, 3.8) is 0 Å². The van der Waals surface area contributed by atoms with E-state index in [1.54, 1.807) is 13.2 Å². The van der Waals surface area contributed by atoms with Crippen LogP contribution in [0, 0.1) is 5.92 Å². The van der Waals surface area contributed by atoms with E-state index in [0.29, 0.717) is 15.8 Å². The Hall–Kier alpha value is -0.480. The number of rotatable bonds is 5. The Kier molecular flexibility index (Phi) is 5.76. The van der Waals surface area contributed by atoms with E-state index in [4.69, 9.17) is 27.9 Å². The number of nitrogens with one attached hydrogen (secondary N) is 2. The van der Waals surface area contributed by atoms with Crippen molar-refractivity contribution in [1.29, 1.82) is 0 Å². The van der Waals surface area contributed by atoms with Crippen molar-refractivity contribution in [3.05, 3.63) is 27.7 Å². The van der Waals surface area contributed by atoms with Crippen LogP contribution in [0.2, 0.25) is 10.0 Å². The van der Waals surface area contributed by atoms with Crippen LogP contribution >= 0.6 is 23.2 Å². The second-order valence-corrected chi connectivity index (χ2v) is 5.75. The molecular weight excluding hydrogens is 283 g/mol. The summed E-state index contributed by atoms with van der Waals surface area (Å²) < 4.78 is 5.33. The van der Waals surface area contributed by atoms with E-state index in [1.165, 1.54) is 12.8 Å². The van der Waals surface area contributed by atoms with Gasteiger partial charge in [-0.2, -0.15) is 0 Å². The van der Waals surface area contributed by atoms with Gasteiger partial charge in [-0.25, -0.2) is 0 Å². The Labute approximate surface area is 124 Å². The van der Waals surface area contributed by atoms with Crippen LogP contribution in [0.4, 0.5) is 0 Å². The number of methoxy groups -OCH3 is 1. The molecule has 1 saturated heterocycles. The maximum absolute atomic E-state index is 6.12. The number of benzene rings is 1. The summed E-state index contributed by atoms with van der Waals surface area (Å²) in [6.07, 6.45) is 2.47. The molecule has 3 nitrogen and oxygen atoms in total. The molecule has 0 spiro atoms. The van der Waals surface area contributed by atoms with Crippen LogP contribution in [0.5, 0.6) is 5.75 Å². The molecule has 2 N–H and O–H groups in total. The second kappa shape index (κ2) is 7.34. The average Bonchev–Trinajstić information content (AvgIpc) is 2.39. The van der Waals surface area contributed by atoms with Crippen LogP contribution in [-0.2, 0) is 6.54 Å². The zero-order valence-electron chi connectivity index (χ0n) is 11.1. The lowest BCUT2D eigenvalue weighted by atomic mass is 9.98. The molecule has 1 aromatic carbocycles. The Morgan fingerprint density at radius 1 is 1.32 bits per heavy atom. The van der Waals surface area contributed by atoms with Crippen molar-refractivity contribution >= 4 is 23.2 Å². The van der Waals surface area contributed by atoms with Crippen LogP contribution in [0.15, 0.2) is 12.1 Å². The molecule has 0 aromatic heterocycles. The molecule has 0 radical (unpaired) electrons. The van der Waals surface area contributed by atoms with E-state index < -0.39 is 0 Å². The second-order valence-electron chi connectivity index (χ2n) is 4.90. The van der Waals surface area contributed by atoms with Crippen LogP contribution in [0.1, 0.15) is 18.4 Å². The first-order valence-corrected chi connectivity index (χ1v) is 7.39. The van der Waals surface area contributed by atoms with Gasteiger partial charge in [0, 0.05) is 17.1 Å². The minimum atomic E-state index is 0.564. The molecule has 1 aromatic rings. The van der Waals surface area contributed by atoms with Crippen molar-refractivity contribution in [1.82, 2.24) is 10.6 Å². The van der Waals surface area contributed by atoms with E-state index in [2.05, 4.69) is 10.6 Å². The quantitative estimate of drug-likeness (QED) is 0.877. The maximum atomic E-state index is 6.12. The first kappa shape index (κ1) is 14.9. The molecular formula is C14H20Cl2N2O. The van der Waals surface area contributed by atoms with Gasteiger partial charge in [0.15, 0.2) is 0 Å². The van der Waals surface area contributed by atoms with Crippen LogP contribution < -0.4 is 15.4 Å². The van der Waals surface area contributed by atoms with Crippen LogP contribution in [-0.4, -0.2) is 26.7 Å². The minimum Gasteiger partial charge on any atom is -0.495 e. The molecule has 1 aliphatic rings. The van der Waals surface area contributed by atoms with Crippen molar-refractivity contribution in [3.8, 4) is 5.75 Å². The van der Waals surface area contributed by atoms with Gasteiger partial charge in [0.1, 0.15) is 5.75 Å². The topological polar surface area (TPSA) is 33.3 Å². The SMILES string of the molecule is COc1c(Cl)cc(Cl)cc1CNCC1CCNCC1. The molecule has 0 saturated carbocycles. The molecule has 5 heteroatoms. The predicted octanol–water partition coefficient (Wildman–Crippen LogP) is 3.09. The molecule has 1 heterocycles. The zero-order chi connectivity index (χ0) is 13.7. The number of halogens is 2. The fourth-order valence-corrected chi connectivity index (χ4v) is 3.08. The van der Waals surface area contributed by atoms with E-state index in [1.807, 2.05) is 6.07 Å². The largest absolute Gasteiger partial charge is 0.495 e. The van der Waals surface area contributed by atoms with E-state index in [-0.39, 0.29) is 0 Å². The highest BCUT2D eigenvalue weighted by molar-refractivity contribution is 6.35. The van der Waals surface area contributed by atoms with Gasteiger partial charge in [-0.05, 0) is 50.5 Å². The Morgan fingerprint density at radius 3 is 2.74 bits per heavy atom. The van der Waals surface area contributed by atoms with Crippen LogP contribution in [0.3, 0.4) is 0 Å². The Balaban J connectivity index is 1.91. The number of hydrogen-bond donors (Lipinski definition) is 2. The molecule has 106 valence electrons. The van der Waals surface area contributed by atoms with E-state index >= 15 is 0 Å². The molecule has 19 heavy (non-hydrogen) atoms. The van der Waals surface area contributed by atoms with Crippen molar-refractivity contribution in [2.45, 2.75) is 19.4 Å². The summed E-state index contributed by atoms with van der Waals surface area (Å²) in [7, 11) is 1.63. The maximum Gasteiger partial charge on any atom is 0.142 e. The highest BCUT2D eigenvalue weighted by Crippen LogP contribution is 2.32. The van der Waals surface area contributed by atoms with Gasteiger partial charge in [-0.1, -0.05) is 23.2 Å². The summed E-state index contributed by atoms with van der Waals surface area (Å²) in [6.45, 7) is 4.00. The Bertz CT molecular complexity index is 420. The highest BCUT2D eigenvalue weighted by atomic mass is 35.5. The third-order valence-electron chi connectivity index (χ3n) is 3.50. The van der Waals surface area contributed by atoms with Crippen LogP contribution in [0.25, 0.3) is 0 Å². The molecule has 0 amide bonds. The molecule has 2 rings (SSSR count). The van der Waals surface area contributed by atoms with Crippen molar-refractivity contribution in [2.75, 3.05) is 26.7 Å². The first-order chi connectivity index (χ1) is 9.20. The first-order valence-electron chi connectivity index (χ1n) is 6.64. The predicted molar refractivity (Wildman–Crippen MR) is 80.3 cm³/mol. The van der Waals surface area contributed by atoms with E-state index in [9.17, 15) is 0 Å². The monoisotopic (exact) mass is 302 g/mol. The summed E-state index contributed by atoms with van der Waals surface area (Å²) in [4.78, 5) is 0.